The molecule has 0 amide bonds. The second kappa shape index (κ2) is 5.33. The molecule has 0 aliphatic heterocycles. The zero-order chi connectivity index (χ0) is 15.8. The minimum Gasteiger partial charge on any atom is -0.398 e. The number of halogens is 2. The van der Waals surface area contributed by atoms with E-state index in [2.05, 4.69) is 0 Å². The molecule has 0 heterocycles. The number of hydrogen-bond donors (Lipinski definition) is 2. The van der Waals surface area contributed by atoms with Gasteiger partial charge in [0.05, 0.1) is 11.4 Å². The number of nitrogen functional groups attached to an aromatic ring is 1. The van der Waals surface area contributed by atoms with Gasteiger partial charge in [-0.1, -0.05) is 0 Å². The number of nitrogens with one attached hydrogen (secondary N) is 1. The molecule has 0 spiro atoms. The van der Waals surface area contributed by atoms with Crippen molar-refractivity contribution in [3.63, 3.8) is 0 Å². The van der Waals surface area contributed by atoms with Crippen LogP contribution in [0.15, 0.2) is 35.2 Å². The van der Waals surface area contributed by atoms with Crippen molar-refractivity contribution in [3.8, 4) is 0 Å². The summed E-state index contributed by atoms with van der Waals surface area (Å²) < 4.78 is 53.2. The van der Waals surface area contributed by atoms with E-state index in [1.165, 1.54) is 12.1 Å². The Labute approximate surface area is 121 Å². The average molecular weight is 312 g/mol. The molecule has 0 radical (unpaired) electrons. The fourth-order valence-electron chi connectivity index (χ4n) is 1.82. The molecule has 0 fully saturated rings. The quantitative estimate of drug-likeness (QED) is 0.856. The van der Waals surface area contributed by atoms with Crippen LogP contribution >= 0.6 is 0 Å². The lowest BCUT2D eigenvalue weighted by atomic mass is 10.1. The Hall–Kier alpha value is -2.15. The highest BCUT2D eigenvalue weighted by Crippen LogP contribution is 2.26. The van der Waals surface area contributed by atoms with Gasteiger partial charge in [0.2, 0.25) is 0 Å². The molecule has 0 aliphatic rings. The maximum Gasteiger partial charge on any atom is 0.264 e. The van der Waals surface area contributed by atoms with Gasteiger partial charge < -0.3 is 5.73 Å². The summed E-state index contributed by atoms with van der Waals surface area (Å²) in [6.07, 6.45) is 0. The summed E-state index contributed by atoms with van der Waals surface area (Å²) in [4.78, 5) is -0.172. The Morgan fingerprint density at radius 3 is 2.33 bits per heavy atom. The third kappa shape index (κ3) is 3.13. The second-order valence-corrected chi connectivity index (χ2v) is 6.35. The first-order valence-corrected chi connectivity index (χ1v) is 7.53. The monoisotopic (exact) mass is 312 g/mol. The van der Waals surface area contributed by atoms with Crippen molar-refractivity contribution in [2.75, 3.05) is 10.5 Å². The first-order chi connectivity index (χ1) is 9.70. The van der Waals surface area contributed by atoms with Crippen molar-refractivity contribution in [2.24, 2.45) is 0 Å². The van der Waals surface area contributed by atoms with Gasteiger partial charge in [-0.2, -0.15) is 0 Å². The van der Waals surface area contributed by atoms with E-state index in [0.29, 0.717) is 0 Å². The Morgan fingerprint density at radius 1 is 1.05 bits per heavy atom. The fourth-order valence-corrected chi connectivity index (χ4v) is 3.08. The van der Waals surface area contributed by atoms with Crippen LogP contribution in [0.3, 0.4) is 0 Å². The Balaban J connectivity index is 2.48. The minimum absolute atomic E-state index is 0.0439. The predicted octanol–water partition coefficient (Wildman–Crippen LogP) is 2.96. The van der Waals surface area contributed by atoms with Crippen molar-refractivity contribution in [1.29, 1.82) is 0 Å². The first-order valence-electron chi connectivity index (χ1n) is 6.05. The van der Waals surface area contributed by atoms with Crippen LogP contribution in [0, 0.1) is 25.5 Å². The maximum absolute atomic E-state index is 13.5. The van der Waals surface area contributed by atoms with Crippen LogP contribution in [0.4, 0.5) is 20.2 Å². The predicted molar refractivity (Wildman–Crippen MR) is 77.5 cm³/mol. The van der Waals surface area contributed by atoms with Crippen molar-refractivity contribution in [1.82, 2.24) is 0 Å². The van der Waals surface area contributed by atoms with Crippen LogP contribution in [0.2, 0.25) is 0 Å². The second-order valence-electron chi connectivity index (χ2n) is 4.70. The molecule has 7 heteroatoms. The summed E-state index contributed by atoms with van der Waals surface area (Å²) in [7, 11) is -4.10. The Morgan fingerprint density at radius 2 is 1.67 bits per heavy atom. The van der Waals surface area contributed by atoms with Gasteiger partial charge in [0.15, 0.2) is 0 Å². The van der Waals surface area contributed by atoms with E-state index >= 15 is 0 Å². The standard InChI is InChI=1S/C14H14F2N2O2S/c1-8-5-12(17)14(6-9(8)2)21(19,20)18-13-7-10(15)3-4-11(13)16/h3-7,18H,17H2,1-2H3. The molecule has 0 bridgehead atoms. The Bertz CT molecular complexity index is 805. The van der Waals surface area contributed by atoms with Crippen LogP contribution in [0.25, 0.3) is 0 Å². The van der Waals surface area contributed by atoms with E-state index in [4.69, 9.17) is 5.73 Å². The fraction of sp³-hybridized carbons (Fsp3) is 0.143. The van der Waals surface area contributed by atoms with Gasteiger partial charge in [0.1, 0.15) is 16.5 Å². The molecule has 2 rings (SSSR count). The molecular weight excluding hydrogens is 298 g/mol. The number of hydrogen-bond acceptors (Lipinski definition) is 3. The summed E-state index contributed by atoms with van der Waals surface area (Å²) in [5.74, 6) is -1.62. The zero-order valence-electron chi connectivity index (χ0n) is 11.4. The summed E-state index contributed by atoms with van der Waals surface area (Å²) in [6.45, 7) is 3.53. The molecule has 0 atom stereocenters. The van der Waals surface area contributed by atoms with Crippen LogP contribution < -0.4 is 10.5 Å². The number of rotatable bonds is 3. The molecule has 0 unspecified atom stereocenters. The molecule has 112 valence electrons. The van der Waals surface area contributed by atoms with E-state index in [1.54, 1.807) is 13.8 Å². The SMILES string of the molecule is Cc1cc(N)c(S(=O)(=O)Nc2cc(F)ccc2F)cc1C. The molecule has 0 aliphatic carbocycles. The van der Waals surface area contributed by atoms with Gasteiger partial charge >= 0.3 is 0 Å². The lowest BCUT2D eigenvalue weighted by Crippen LogP contribution is -2.16. The smallest absolute Gasteiger partial charge is 0.264 e. The highest BCUT2D eigenvalue weighted by atomic mass is 32.2. The molecule has 2 aromatic rings. The lowest BCUT2D eigenvalue weighted by molar-refractivity contribution is 0.594. The van der Waals surface area contributed by atoms with E-state index in [1.807, 2.05) is 4.72 Å². The van der Waals surface area contributed by atoms with Gasteiger partial charge in [-0.05, 0) is 49.2 Å². The lowest BCUT2D eigenvalue weighted by Gasteiger charge is -2.13. The van der Waals surface area contributed by atoms with Crippen LogP contribution in [0.1, 0.15) is 11.1 Å². The highest BCUT2D eigenvalue weighted by Gasteiger charge is 2.20. The van der Waals surface area contributed by atoms with Crippen LogP contribution in [-0.2, 0) is 10.0 Å². The van der Waals surface area contributed by atoms with E-state index in [0.717, 1.165) is 29.3 Å². The molecule has 0 saturated heterocycles. The van der Waals surface area contributed by atoms with E-state index < -0.39 is 27.3 Å². The summed E-state index contributed by atoms with van der Waals surface area (Å²) >= 11 is 0. The van der Waals surface area contributed by atoms with E-state index in [-0.39, 0.29) is 10.6 Å². The summed E-state index contributed by atoms with van der Waals surface area (Å²) in [5, 5.41) is 0. The third-order valence-electron chi connectivity index (χ3n) is 3.09. The molecule has 2 aromatic carbocycles. The van der Waals surface area contributed by atoms with Crippen molar-refractivity contribution in [3.05, 3.63) is 53.1 Å². The normalized spacial score (nSPS) is 11.4. The van der Waals surface area contributed by atoms with Crippen molar-refractivity contribution < 1.29 is 17.2 Å². The largest absolute Gasteiger partial charge is 0.398 e. The van der Waals surface area contributed by atoms with Crippen LogP contribution in [0.5, 0.6) is 0 Å². The zero-order valence-corrected chi connectivity index (χ0v) is 12.3. The first kappa shape index (κ1) is 15.2. The van der Waals surface area contributed by atoms with Gasteiger partial charge in [-0.15, -0.1) is 0 Å². The number of sulfonamides is 1. The van der Waals surface area contributed by atoms with E-state index in [9.17, 15) is 17.2 Å². The van der Waals surface area contributed by atoms with Crippen molar-refractivity contribution in [2.45, 2.75) is 18.7 Å². The topological polar surface area (TPSA) is 72.2 Å². The molecule has 0 saturated carbocycles. The molecule has 21 heavy (non-hydrogen) atoms. The van der Waals surface area contributed by atoms with Crippen LogP contribution in [-0.4, -0.2) is 8.42 Å². The number of aryl methyl sites for hydroxylation is 2. The number of anilines is 2. The number of nitrogens with two attached hydrogens (primary N) is 1. The Kier molecular flexibility index (Phi) is 3.87. The molecular formula is C14H14F2N2O2S. The highest BCUT2D eigenvalue weighted by molar-refractivity contribution is 7.92. The van der Waals surface area contributed by atoms with Crippen molar-refractivity contribution >= 4 is 21.4 Å². The molecule has 4 nitrogen and oxygen atoms in total. The minimum atomic E-state index is -4.10. The average Bonchev–Trinajstić information content (AvgIpc) is 2.37. The maximum atomic E-state index is 13.5. The van der Waals surface area contributed by atoms with Gasteiger partial charge in [0.25, 0.3) is 10.0 Å². The summed E-state index contributed by atoms with van der Waals surface area (Å²) in [6, 6.07) is 5.43. The molecule has 0 aromatic heterocycles. The van der Waals surface area contributed by atoms with Gasteiger partial charge in [-0.25, -0.2) is 17.2 Å². The molecule has 3 N–H and O–H groups in total. The number of benzene rings is 2. The van der Waals surface area contributed by atoms with Gasteiger partial charge in [0, 0.05) is 6.07 Å². The third-order valence-corrected chi connectivity index (χ3v) is 4.51. The van der Waals surface area contributed by atoms with Gasteiger partial charge in [-0.3, -0.25) is 4.72 Å². The summed E-state index contributed by atoms with van der Waals surface area (Å²) in [5.41, 5.74) is 6.85.